The minimum absolute atomic E-state index is 0.00261. The van der Waals surface area contributed by atoms with E-state index in [0.717, 1.165) is 37.7 Å². The molecule has 0 spiro atoms. The number of Topliss-reactive ketones (excluding diaryl/α,β-unsaturated/α-hetero) is 3. The third-order valence-electron chi connectivity index (χ3n) is 8.97. The van der Waals surface area contributed by atoms with Crippen LogP contribution in [0.5, 0.6) is 11.5 Å². The van der Waals surface area contributed by atoms with Crippen molar-refractivity contribution in [2.75, 3.05) is 0 Å². The molecule has 2 amide bonds. The molecule has 45 heavy (non-hydrogen) atoms. The van der Waals surface area contributed by atoms with E-state index in [-0.39, 0.29) is 48.2 Å². The van der Waals surface area contributed by atoms with Crippen LogP contribution in [0.1, 0.15) is 86.6 Å². The summed E-state index contributed by atoms with van der Waals surface area (Å²) < 4.78 is 36.0. The highest BCUT2D eigenvalue weighted by atomic mass is 19.3. The number of ether oxygens (including phenoxy) is 2. The van der Waals surface area contributed by atoms with E-state index in [9.17, 15) is 32.8 Å². The summed E-state index contributed by atoms with van der Waals surface area (Å²) >= 11 is 0. The normalized spacial score (nSPS) is 20.3. The molecule has 0 bridgehead atoms. The van der Waals surface area contributed by atoms with E-state index in [4.69, 9.17) is 0 Å². The molecule has 1 aliphatic heterocycles. The summed E-state index contributed by atoms with van der Waals surface area (Å²) in [4.78, 5) is 66.1. The first-order chi connectivity index (χ1) is 21.6. The average molecular weight is 625 g/mol. The maximum absolute atomic E-state index is 13.9. The number of benzene rings is 2. The van der Waals surface area contributed by atoms with E-state index in [1.165, 1.54) is 18.2 Å². The zero-order valence-corrected chi connectivity index (χ0v) is 25.0. The molecule has 0 radical (unpaired) electrons. The third-order valence-corrected chi connectivity index (χ3v) is 8.97. The van der Waals surface area contributed by atoms with Crippen LogP contribution in [0.4, 0.5) is 8.78 Å². The van der Waals surface area contributed by atoms with E-state index in [1.807, 2.05) is 18.2 Å². The van der Waals surface area contributed by atoms with E-state index in [1.54, 1.807) is 12.1 Å². The highest BCUT2D eigenvalue weighted by Crippen LogP contribution is 2.41. The van der Waals surface area contributed by atoms with Crippen LogP contribution in [0, 0.1) is 17.8 Å². The molecule has 2 aromatic carbocycles. The van der Waals surface area contributed by atoms with Crippen LogP contribution in [0.25, 0.3) is 0 Å². The average Bonchev–Trinajstić information content (AvgIpc) is 3.58. The second kappa shape index (κ2) is 14.3. The van der Waals surface area contributed by atoms with Crippen molar-refractivity contribution in [3.63, 3.8) is 0 Å². The first kappa shape index (κ1) is 32.2. The smallest absolute Gasteiger partial charge is 0.395 e. The van der Waals surface area contributed by atoms with Gasteiger partial charge in [0.25, 0.3) is 5.91 Å². The molecule has 2 saturated carbocycles. The molecule has 2 aromatic rings. The standard InChI is InChI=1S/C34H38F2N2O7/c35-34(36)44-29-15-14-24(19-30(29)45-34)28(40)18-25(16-21-8-3-1-4-9-21)32(42)38-26(17-23-12-7-13-27(23)39)31(41)33(43)37-20-22-10-5-2-6-11-22/h2,5-6,10-11,14-15,19,21,23,25-26H,1,3-4,7-9,12-13,16-18,20H2,(H,37,43)(H,38,42)/t23-,25+,26-/m0/s1. The number of rotatable bonds is 13. The van der Waals surface area contributed by atoms with Crippen molar-refractivity contribution in [1.29, 1.82) is 0 Å². The highest BCUT2D eigenvalue weighted by molar-refractivity contribution is 6.38. The van der Waals surface area contributed by atoms with Crippen LogP contribution in [0.2, 0.25) is 0 Å². The van der Waals surface area contributed by atoms with Gasteiger partial charge in [-0.2, -0.15) is 0 Å². The number of ketones is 3. The Morgan fingerprint density at radius 1 is 0.889 bits per heavy atom. The summed E-state index contributed by atoms with van der Waals surface area (Å²) in [7, 11) is 0. The lowest BCUT2D eigenvalue weighted by Crippen LogP contribution is -2.50. The molecular weight excluding hydrogens is 586 g/mol. The van der Waals surface area contributed by atoms with Gasteiger partial charge >= 0.3 is 6.29 Å². The molecule has 240 valence electrons. The Bertz CT molecular complexity index is 1420. The largest absolute Gasteiger partial charge is 0.586 e. The van der Waals surface area contributed by atoms with Crippen LogP contribution in [-0.2, 0) is 25.7 Å². The minimum atomic E-state index is -3.83. The maximum Gasteiger partial charge on any atom is 0.586 e. The molecule has 11 heteroatoms. The molecule has 9 nitrogen and oxygen atoms in total. The number of hydrogen-bond acceptors (Lipinski definition) is 7. The number of amides is 2. The zero-order chi connectivity index (χ0) is 32.0. The number of hydrogen-bond donors (Lipinski definition) is 2. The van der Waals surface area contributed by atoms with Crippen LogP contribution in [0.3, 0.4) is 0 Å². The molecule has 2 N–H and O–H groups in total. The van der Waals surface area contributed by atoms with Gasteiger partial charge in [-0.3, -0.25) is 24.0 Å². The maximum atomic E-state index is 13.9. The molecule has 3 atom stereocenters. The van der Waals surface area contributed by atoms with Gasteiger partial charge in [0.2, 0.25) is 11.7 Å². The van der Waals surface area contributed by atoms with Crippen molar-refractivity contribution >= 4 is 29.2 Å². The van der Waals surface area contributed by atoms with Gasteiger partial charge in [0.15, 0.2) is 17.3 Å². The summed E-state index contributed by atoms with van der Waals surface area (Å²) in [5.41, 5.74) is 0.879. The first-order valence-electron chi connectivity index (χ1n) is 15.7. The molecule has 2 fully saturated rings. The Balaban J connectivity index is 1.31. The minimum Gasteiger partial charge on any atom is -0.395 e. The van der Waals surface area contributed by atoms with Crippen LogP contribution >= 0.6 is 0 Å². The summed E-state index contributed by atoms with van der Waals surface area (Å²) in [5, 5.41) is 5.35. The fourth-order valence-corrected chi connectivity index (χ4v) is 6.54. The van der Waals surface area contributed by atoms with Crippen LogP contribution < -0.4 is 20.1 Å². The predicted octanol–water partition coefficient (Wildman–Crippen LogP) is 5.30. The van der Waals surface area contributed by atoms with Gasteiger partial charge in [0.1, 0.15) is 5.78 Å². The Morgan fingerprint density at radius 2 is 1.62 bits per heavy atom. The molecular formula is C34H38F2N2O7. The Kier molecular flexibility index (Phi) is 10.2. The van der Waals surface area contributed by atoms with Crippen LogP contribution in [0.15, 0.2) is 48.5 Å². The molecule has 5 rings (SSSR count). The van der Waals surface area contributed by atoms with Crippen LogP contribution in [-0.4, -0.2) is 41.5 Å². The summed E-state index contributed by atoms with van der Waals surface area (Å²) in [6.07, 6.45) is 2.88. The molecule has 1 heterocycles. The highest BCUT2D eigenvalue weighted by Gasteiger charge is 2.44. The topological polar surface area (TPSA) is 128 Å². The van der Waals surface area contributed by atoms with Crippen molar-refractivity contribution in [1.82, 2.24) is 10.6 Å². The Morgan fingerprint density at radius 3 is 2.33 bits per heavy atom. The lowest BCUT2D eigenvalue weighted by Gasteiger charge is -2.27. The van der Waals surface area contributed by atoms with Crippen molar-refractivity contribution in [3.05, 3.63) is 59.7 Å². The van der Waals surface area contributed by atoms with Gasteiger partial charge in [-0.25, -0.2) is 0 Å². The fourth-order valence-electron chi connectivity index (χ4n) is 6.54. The summed E-state index contributed by atoms with van der Waals surface area (Å²) in [5.74, 6) is -4.30. The SMILES string of the molecule is O=C(NCc1ccccc1)C(=O)[C@H](C[C@@H]1CCCC1=O)NC(=O)[C@@H](CC(=O)c1ccc2c(c1)OC(F)(F)O2)CC1CCCCC1. The molecule has 2 aliphatic carbocycles. The van der Waals surface area contributed by atoms with Gasteiger partial charge in [-0.05, 0) is 55.4 Å². The number of alkyl halides is 2. The number of carbonyl (C=O) groups is 5. The van der Waals surface area contributed by atoms with E-state index >= 15 is 0 Å². The Labute approximate surface area is 260 Å². The quantitative estimate of drug-likeness (QED) is 0.229. The van der Waals surface area contributed by atoms with Crippen molar-refractivity contribution in [2.24, 2.45) is 17.8 Å². The van der Waals surface area contributed by atoms with Gasteiger partial charge in [0.05, 0.1) is 6.04 Å². The van der Waals surface area contributed by atoms with E-state index in [2.05, 4.69) is 20.1 Å². The number of nitrogens with one attached hydrogen (secondary N) is 2. The predicted molar refractivity (Wildman–Crippen MR) is 158 cm³/mol. The number of fused-ring (bicyclic) bond motifs is 1. The molecule has 0 saturated heterocycles. The lowest BCUT2D eigenvalue weighted by atomic mass is 9.80. The fraction of sp³-hybridized carbons (Fsp3) is 0.500. The molecule has 0 unspecified atom stereocenters. The second-order valence-corrected chi connectivity index (χ2v) is 12.3. The zero-order valence-electron chi connectivity index (χ0n) is 25.0. The van der Waals surface area contributed by atoms with Gasteiger partial charge in [0, 0.05) is 36.8 Å². The van der Waals surface area contributed by atoms with Crippen molar-refractivity contribution in [3.8, 4) is 11.5 Å². The third kappa shape index (κ3) is 8.52. The Hall–Kier alpha value is -4.15. The number of carbonyl (C=O) groups excluding carboxylic acids is 5. The first-order valence-corrected chi connectivity index (χ1v) is 15.7. The van der Waals surface area contributed by atoms with Crippen molar-refractivity contribution < 1.29 is 42.2 Å². The molecule has 3 aliphatic rings. The van der Waals surface area contributed by atoms with Crippen molar-refractivity contribution in [2.45, 2.75) is 89.5 Å². The van der Waals surface area contributed by atoms with E-state index < -0.39 is 47.6 Å². The summed E-state index contributed by atoms with van der Waals surface area (Å²) in [6.45, 7) is 0.120. The number of halogens is 2. The lowest BCUT2D eigenvalue weighted by molar-refractivity contribution is -0.286. The van der Waals surface area contributed by atoms with Gasteiger partial charge in [-0.15, -0.1) is 8.78 Å². The second-order valence-electron chi connectivity index (χ2n) is 12.3. The van der Waals surface area contributed by atoms with Gasteiger partial charge in [-0.1, -0.05) is 62.4 Å². The monoisotopic (exact) mass is 624 g/mol. The van der Waals surface area contributed by atoms with Gasteiger partial charge < -0.3 is 20.1 Å². The molecule has 0 aromatic heterocycles. The van der Waals surface area contributed by atoms with E-state index in [0.29, 0.717) is 25.7 Å². The summed E-state index contributed by atoms with van der Waals surface area (Å²) in [6, 6.07) is 11.6.